The maximum atomic E-state index is 10.8. The molecule has 3 aromatic carbocycles. The molecule has 0 aliphatic carbocycles. The standard InChI is InChI=1S/C23H26N2O2/c1-24(2)19-10-7-18(8-11-19)23(25-13-15-27-16-14-25)22-20-6-4-3-5-17(20)9-12-21(22)26/h3-12,23,26H,13-16H2,1-2H3/t23-/m1/s1. The van der Waals surface area contributed by atoms with Crippen LogP contribution in [-0.2, 0) is 4.74 Å². The summed E-state index contributed by atoms with van der Waals surface area (Å²) in [4.78, 5) is 4.51. The summed E-state index contributed by atoms with van der Waals surface area (Å²) in [6.07, 6.45) is 0. The van der Waals surface area contributed by atoms with E-state index in [0.29, 0.717) is 5.75 Å². The molecule has 1 aliphatic rings. The summed E-state index contributed by atoms with van der Waals surface area (Å²) < 4.78 is 5.58. The molecule has 0 unspecified atom stereocenters. The van der Waals surface area contributed by atoms with Crippen LogP contribution in [-0.4, -0.2) is 50.4 Å². The number of phenolic OH excluding ortho intramolecular Hbond substituents is 1. The fraction of sp³-hybridized carbons (Fsp3) is 0.304. The zero-order chi connectivity index (χ0) is 18.8. The van der Waals surface area contributed by atoms with Gasteiger partial charge in [0, 0.05) is 38.4 Å². The molecule has 4 rings (SSSR count). The number of morpholine rings is 1. The van der Waals surface area contributed by atoms with Gasteiger partial charge in [-0.05, 0) is 34.5 Å². The van der Waals surface area contributed by atoms with Crippen molar-refractivity contribution >= 4 is 16.5 Å². The highest BCUT2D eigenvalue weighted by atomic mass is 16.5. The Hall–Kier alpha value is -2.56. The summed E-state index contributed by atoms with van der Waals surface area (Å²) in [5.41, 5.74) is 3.34. The van der Waals surface area contributed by atoms with Crippen molar-refractivity contribution in [2.24, 2.45) is 0 Å². The van der Waals surface area contributed by atoms with E-state index < -0.39 is 0 Å². The average molecular weight is 362 g/mol. The van der Waals surface area contributed by atoms with Crippen LogP contribution >= 0.6 is 0 Å². The van der Waals surface area contributed by atoms with Crippen LogP contribution in [0, 0.1) is 0 Å². The van der Waals surface area contributed by atoms with E-state index in [2.05, 4.69) is 46.2 Å². The fourth-order valence-corrected chi connectivity index (χ4v) is 3.92. The molecule has 4 nitrogen and oxygen atoms in total. The smallest absolute Gasteiger partial charge is 0.121 e. The molecule has 1 N–H and O–H groups in total. The molecule has 1 heterocycles. The van der Waals surface area contributed by atoms with E-state index in [4.69, 9.17) is 4.74 Å². The van der Waals surface area contributed by atoms with Crippen LogP contribution in [0.15, 0.2) is 60.7 Å². The van der Waals surface area contributed by atoms with Crippen molar-refractivity contribution in [3.05, 3.63) is 71.8 Å². The lowest BCUT2D eigenvalue weighted by Crippen LogP contribution is -2.39. The quantitative estimate of drug-likeness (QED) is 0.760. The Bertz CT molecular complexity index is 915. The molecule has 3 aromatic rings. The molecule has 1 atom stereocenters. The van der Waals surface area contributed by atoms with Crippen LogP contribution in [0.1, 0.15) is 17.2 Å². The van der Waals surface area contributed by atoms with E-state index >= 15 is 0 Å². The molecular formula is C23H26N2O2. The summed E-state index contributed by atoms with van der Waals surface area (Å²) in [6, 6.07) is 20.7. The van der Waals surface area contributed by atoms with Gasteiger partial charge in [-0.25, -0.2) is 0 Å². The van der Waals surface area contributed by atoms with Crippen LogP contribution in [0.5, 0.6) is 5.75 Å². The normalized spacial score (nSPS) is 16.4. The predicted octanol–water partition coefficient (Wildman–Crippen LogP) is 4.03. The summed E-state index contributed by atoms with van der Waals surface area (Å²) in [7, 11) is 4.09. The lowest BCUT2D eigenvalue weighted by Gasteiger charge is -2.36. The topological polar surface area (TPSA) is 35.9 Å². The second kappa shape index (κ2) is 7.59. The number of rotatable bonds is 4. The van der Waals surface area contributed by atoms with Crippen molar-refractivity contribution in [2.45, 2.75) is 6.04 Å². The maximum Gasteiger partial charge on any atom is 0.121 e. The van der Waals surface area contributed by atoms with E-state index in [-0.39, 0.29) is 6.04 Å². The molecule has 0 radical (unpaired) electrons. The molecule has 27 heavy (non-hydrogen) atoms. The first-order valence-electron chi connectivity index (χ1n) is 9.45. The maximum absolute atomic E-state index is 10.8. The molecule has 1 fully saturated rings. The molecule has 0 spiro atoms. The highest BCUT2D eigenvalue weighted by Crippen LogP contribution is 2.39. The minimum absolute atomic E-state index is 0.00351. The molecule has 1 saturated heterocycles. The summed E-state index contributed by atoms with van der Waals surface area (Å²) in [5.74, 6) is 0.349. The predicted molar refractivity (Wildman–Crippen MR) is 111 cm³/mol. The largest absolute Gasteiger partial charge is 0.508 e. The van der Waals surface area contributed by atoms with Crippen molar-refractivity contribution in [2.75, 3.05) is 45.3 Å². The third-order valence-corrected chi connectivity index (χ3v) is 5.36. The second-order valence-electron chi connectivity index (χ2n) is 7.26. The molecule has 0 bridgehead atoms. The van der Waals surface area contributed by atoms with E-state index in [0.717, 1.165) is 42.6 Å². The summed E-state index contributed by atoms with van der Waals surface area (Å²) >= 11 is 0. The van der Waals surface area contributed by atoms with Crippen LogP contribution < -0.4 is 4.90 Å². The Morgan fingerprint density at radius 3 is 2.33 bits per heavy atom. The number of hydrogen-bond donors (Lipinski definition) is 1. The van der Waals surface area contributed by atoms with Gasteiger partial charge in [-0.3, -0.25) is 4.90 Å². The van der Waals surface area contributed by atoms with Crippen LogP contribution in [0.25, 0.3) is 10.8 Å². The first kappa shape index (κ1) is 17.8. The number of fused-ring (bicyclic) bond motifs is 1. The molecule has 0 aromatic heterocycles. The number of ether oxygens (including phenoxy) is 1. The monoisotopic (exact) mass is 362 g/mol. The average Bonchev–Trinajstić information content (AvgIpc) is 2.71. The zero-order valence-electron chi connectivity index (χ0n) is 15.9. The fourth-order valence-electron chi connectivity index (χ4n) is 3.92. The number of aromatic hydroxyl groups is 1. The van der Waals surface area contributed by atoms with Gasteiger partial charge in [0.05, 0.1) is 19.3 Å². The van der Waals surface area contributed by atoms with E-state index in [9.17, 15) is 5.11 Å². The third-order valence-electron chi connectivity index (χ3n) is 5.36. The Morgan fingerprint density at radius 1 is 0.926 bits per heavy atom. The van der Waals surface area contributed by atoms with Gasteiger partial charge in [0.1, 0.15) is 5.75 Å². The number of nitrogens with zero attached hydrogens (tertiary/aromatic N) is 2. The highest BCUT2D eigenvalue weighted by Gasteiger charge is 2.28. The first-order valence-corrected chi connectivity index (χ1v) is 9.45. The van der Waals surface area contributed by atoms with Crippen LogP contribution in [0.2, 0.25) is 0 Å². The van der Waals surface area contributed by atoms with Crippen LogP contribution in [0.4, 0.5) is 5.69 Å². The Balaban J connectivity index is 1.87. The molecule has 1 aliphatic heterocycles. The van der Waals surface area contributed by atoms with Gasteiger partial charge < -0.3 is 14.7 Å². The van der Waals surface area contributed by atoms with Crippen molar-refractivity contribution < 1.29 is 9.84 Å². The van der Waals surface area contributed by atoms with E-state index in [1.165, 1.54) is 11.3 Å². The van der Waals surface area contributed by atoms with Crippen molar-refractivity contribution in [3.63, 3.8) is 0 Å². The minimum atomic E-state index is -0.00351. The number of hydrogen-bond acceptors (Lipinski definition) is 4. The molecule has 4 heteroatoms. The lowest BCUT2D eigenvalue weighted by molar-refractivity contribution is 0.0238. The third kappa shape index (κ3) is 3.51. The van der Waals surface area contributed by atoms with Crippen molar-refractivity contribution in [1.29, 1.82) is 0 Å². The van der Waals surface area contributed by atoms with Gasteiger partial charge in [0.2, 0.25) is 0 Å². The first-order chi connectivity index (χ1) is 13.1. The molecule has 0 saturated carbocycles. The van der Waals surface area contributed by atoms with Gasteiger partial charge in [-0.2, -0.15) is 0 Å². The summed E-state index contributed by atoms with van der Waals surface area (Å²) in [6.45, 7) is 3.14. The van der Waals surface area contributed by atoms with Crippen LogP contribution in [0.3, 0.4) is 0 Å². The lowest BCUT2D eigenvalue weighted by atomic mass is 9.91. The van der Waals surface area contributed by atoms with Gasteiger partial charge in [0.25, 0.3) is 0 Å². The van der Waals surface area contributed by atoms with E-state index in [1.54, 1.807) is 0 Å². The molecule has 0 amide bonds. The van der Waals surface area contributed by atoms with Gasteiger partial charge in [-0.15, -0.1) is 0 Å². The Labute approximate surface area is 160 Å². The number of benzene rings is 3. The zero-order valence-corrected chi connectivity index (χ0v) is 15.9. The van der Waals surface area contributed by atoms with Gasteiger partial charge in [-0.1, -0.05) is 42.5 Å². The van der Waals surface area contributed by atoms with Crippen molar-refractivity contribution in [3.8, 4) is 5.75 Å². The number of anilines is 1. The highest BCUT2D eigenvalue weighted by molar-refractivity contribution is 5.88. The minimum Gasteiger partial charge on any atom is -0.508 e. The van der Waals surface area contributed by atoms with Crippen molar-refractivity contribution in [1.82, 2.24) is 4.90 Å². The molecular weight excluding hydrogens is 336 g/mol. The number of phenols is 1. The van der Waals surface area contributed by atoms with E-state index in [1.807, 2.05) is 38.4 Å². The molecule has 140 valence electrons. The Morgan fingerprint density at radius 2 is 1.63 bits per heavy atom. The summed E-state index contributed by atoms with van der Waals surface area (Å²) in [5, 5.41) is 13.1. The second-order valence-corrected chi connectivity index (χ2v) is 7.26. The Kier molecular flexibility index (Phi) is 5.01. The SMILES string of the molecule is CN(C)c1ccc([C@H](c2c(O)ccc3ccccc23)N2CCOCC2)cc1. The van der Waals surface area contributed by atoms with Gasteiger partial charge in [0.15, 0.2) is 0 Å². The van der Waals surface area contributed by atoms with Gasteiger partial charge >= 0.3 is 0 Å².